The summed E-state index contributed by atoms with van der Waals surface area (Å²) in [5.74, 6) is -0.691. The number of carbonyl (C=O) groups excluding carboxylic acids is 1. The molecule has 0 fully saturated rings. The van der Waals surface area contributed by atoms with Gasteiger partial charge < -0.3 is 10.1 Å². The molecule has 4 heteroatoms. The first kappa shape index (κ1) is 15.0. The predicted octanol–water partition coefficient (Wildman–Crippen LogP) is 3.67. The van der Waals surface area contributed by atoms with Gasteiger partial charge in [0.05, 0.1) is 0 Å². The summed E-state index contributed by atoms with van der Waals surface area (Å²) in [6.07, 6.45) is 0. The van der Waals surface area contributed by atoms with Crippen molar-refractivity contribution in [1.82, 2.24) is 5.32 Å². The maximum atomic E-state index is 13.4. The van der Waals surface area contributed by atoms with Gasteiger partial charge in [0.25, 0.3) is 5.91 Å². The number of para-hydroxylation sites is 1. The third-order valence-corrected chi connectivity index (χ3v) is 3.55. The van der Waals surface area contributed by atoms with Crippen LogP contribution in [0.5, 0.6) is 5.75 Å². The number of fused-ring (bicyclic) bond motifs is 1. The second-order valence-electron chi connectivity index (χ2n) is 5.13. The van der Waals surface area contributed by atoms with E-state index in [1.165, 1.54) is 12.1 Å². The molecule has 0 saturated heterocycles. The lowest BCUT2D eigenvalue weighted by Crippen LogP contribution is -2.28. The van der Waals surface area contributed by atoms with Crippen LogP contribution in [0, 0.1) is 5.82 Å². The van der Waals surface area contributed by atoms with E-state index in [0.29, 0.717) is 6.54 Å². The minimum atomic E-state index is -0.477. The van der Waals surface area contributed by atoms with Gasteiger partial charge in [-0.1, -0.05) is 54.6 Å². The molecule has 3 nitrogen and oxygen atoms in total. The number of rotatable bonds is 5. The van der Waals surface area contributed by atoms with Crippen LogP contribution in [0.2, 0.25) is 0 Å². The van der Waals surface area contributed by atoms with Gasteiger partial charge in [0, 0.05) is 6.54 Å². The summed E-state index contributed by atoms with van der Waals surface area (Å²) in [5, 5.41) is 5.02. The molecule has 1 N–H and O–H groups in total. The van der Waals surface area contributed by atoms with E-state index < -0.39 is 5.82 Å². The van der Waals surface area contributed by atoms with Crippen molar-refractivity contribution in [3.8, 4) is 5.75 Å². The number of halogens is 1. The van der Waals surface area contributed by atoms with Crippen LogP contribution < -0.4 is 10.1 Å². The SMILES string of the molecule is O=C(COc1ccccc1F)NCc1cccc2ccccc12. The number of benzene rings is 3. The van der Waals surface area contributed by atoms with Crippen LogP contribution >= 0.6 is 0 Å². The van der Waals surface area contributed by atoms with Gasteiger partial charge in [0.2, 0.25) is 0 Å². The Labute approximate surface area is 133 Å². The molecule has 0 aliphatic heterocycles. The lowest BCUT2D eigenvalue weighted by atomic mass is 10.0. The van der Waals surface area contributed by atoms with Crippen LogP contribution in [0.15, 0.2) is 66.7 Å². The smallest absolute Gasteiger partial charge is 0.258 e. The Hall–Kier alpha value is -2.88. The molecule has 3 aromatic rings. The highest BCUT2D eigenvalue weighted by atomic mass is 19.1. The third-order valence-electron chi connectivity index (χ3n) is 3.55. The maximum Gasteiger partial charge on any atom is 0.258 e. The van der Waals surface area contributed by atoms with Crippen molar-refractivity contribution in [2.75, 3.05) is 6.61 Å². The standard InChI is InChI=1S/C19H16FNO2/c20-17-10-3-4-11-18(17)23-13-19(22)21-12-15-8-5-7-14-6-1-2-9-16(14)15/h1-11H,12-13H2,(H,21,22). The normalized spacial score (nSPS) is 10.5. The summed E-state index contributed by atoms with van der Waals surface area (Å²) in [6.45, 7) is 0.187. The van der Waals surface area contributed by atoms with Gasteiger partial charge in [-0.05, 0) is 28.5 Å². The van der Waals surface area contributed by atoms with Crippen molar-refractivity contribution in [2.45, 2.75) is 6.54 Å². The molecule has 0 atom stereocenters. The third kappa shape index (κ3) is 3.66. The first-order valence-electron chi connectivity index (χ1n) is 7.35. The van der Waals surface area contributed by atoms with Crippen molar-refractivity contribution >= 4 is 16.7 Å². The van der Waals surface area contributed by atoms with Crippen LogP contribution in [0.3, 0.4) is 0 Å². The summed E-state index contributed by atoms with van der Waals surface area (Å²) >= 11 is 0. The first-order valence-corrected chi connectivity index (χ1v) is 7.35. The van der Waals surface area contributed by atoms with Gasteiger partial charge in [-0.25, -0.2) is 4.39 Å². The molecular formula is C19H16FNO2. The van der Waals surface area contributed by atoms with E-state index in [1.807, 2.05) is 42.5 Å². The minimum Gasteiger partial charge on any atom is -0.481 e. The second-order valence-corrected chi connectivity index (χ2v) is 5.13. The molecule has 0 radical (unpaired) electrons. The largest absolute Gasteiger partial charge is 0.481 e. The Bertz CT molecular complexity index is 827. The van der Waals surface area contributed by atoms with E-state index >= 15 is 0 Å². The van der Waals surface area contributed by atoms with Crippen LogP contribution in [0.4, 0.5) is 4.39 Å². The summed E-state index contributed by atoms with van der Waals surface area (Å²) in [5.41, 5.74) is 1.03. The average molecular weight is 309 g/mol. The highest BCUT2D eigenvalue weighted by Crippen LogP contribution is 2.18. The molecule has 0 spiro atoms. The fourth-order valence-electron chi connectivity index (χ4n) is 2.40. The molecule has 0 aliphatic carbocycles. The Morgan fingerprint density at radius 1 is 0.957 bits per heavy atom. The zero-order chi connectivity index (χ0) is 16.1. The van der Waals surface area contributed by atoms with E-state index in [2.05, 4.69) is 5.32 Å². The Balaban J connectivity index is 1.59. The highest BCUT2D eigenvalue weighted by Gasteiger charge is 2.07. The van der Waals surface area contributed by atoms with E-state index in [0.717, 1.165) is 16.3 Å². The monoisotopic (exact) mass is 309 g/mol. The van der Waals surface area contributed by atoms with Crippen LogP contribution in [0.25, 0.3) is 10.8 Å². The summed E-state index contributed by atoms with van der Waals surface area (Å²) < 4.78 is 18.6. The van der Waals surface area contributed by atoms with Gasteiger partial charge in [0.15, 0.2) is 18.2 Å². The molecule has 23 heavy (non-hydrogen) atoms. The molecule has 116 valence electrons. The maximum absolute atomic E-state index is 13.4. The quantitative estimate of drug-likeness (QED) is 0.781. The topological polar surface area (TPSA) is 38.3 Å². The second kappa shape index (κ2) is 6.92. The molecule has 1 amide bonds. The zero-order valence-corrected chi connectivity index (χ0v) is 12.5. The molecule has 0 unspecified atom stereocenters. The van der Waals surface area contributed by atoms with E-state index in [-0.39, 0.29) is 18.3 Å². The molecule has 3 aromatic carbocycles. The van der Waals surface area contributed by atoms with Crippen molar-refractivity contribution in [1.29, 1.82) is 0 Å². The zero-order valence-electron chi connectivity index (χ0n) is 12.5. The number of ether oxygens (including phenoxy) is 1. The van der Waals surface area contributed by atoms with Crippen LogP contribution in [-0.4, -0.2) is 12.5 Å². The van der Waals surface area contributed by atoms with Gasteiger partial charge in [-0.2, -0.15) is 0 Å². The van der Waals surface area contributed by atoms with Crippen LogP contribution in [-0.2, 0) is 11.3 Å². The lowest BCUT2D eigenvalue weighted by molar-refractivity contribution is -0.123. The number of carbonyl (C=O) groups is 1. The van der Waals surface area contributed by atoms with Crippen LogP contribution in [0.1, 0.15) is 5.56 Å². The Morgan fingerprint density at radius 2 is 1.70 bits per heavy atom. The van der Waals surface area contributed by atoms with Crippen molar-refractivity contribution < 1.29 is 13.9 Å². The Kier molecular flexibility index (Phi) is 4.52. The molecular weight excluding hydrogens is 293 g/mol. The molecule has 3 rings (SSSR count). The van der Waals surface area contributed by atoms with Crippen molar-refractivity contribution in [3.63, 3.8) is 0 Å². The Morgan fingerprint density at radius 3 is 2.57 bits per heavy atom. The predicted molar refractivity (Wildman–Crippen MR) is 87.7 cm³/mol. The number of hydrogen-bond donors (Lipinski definition) is 1. The fraction of sp³-hybridized carbons (Fsp3) is 0.105. The summed E-state index contributed by atoms with van der Waals surface area (Å²) in [6, 6.07) is 20.0. The molecule has 0 aliphatic rings. The number of amides is 1. The summed E-state index contributed by atoms with van der Waals surface area (Å²) in [7, 11) is 0. The minimum absolute atomic E-state index is 0.0767. The van der Waals surface area contributed by atoms with Gasteiger partial charge in [-0.3, -0.25) is 4.79 Å². The van der Waals surface area contributed by atoms with Gasteiger partial charge in [-0.15, -0.1) is 0 Å². The highest BCUT2D eigenvalue weighted by molar-refractivity contribution is 5.86. The lowest BCUT2D eigenvalue weighted by Gasteiger charge is -2.10. The first-order chi connectivity index (χ1) is 11.2. The fourth-order valence-corrected chi connectivity index (χ4v) is 2.40. The average Bonchev–Trinajstić information content (AvgIpc) is 2.59. The molecule has 0 aromatic heterocycles. The number of nitrogens with one attached hydrogen (secondary N) is 1. The van der Waals surface area contributed by atoms with E-state index in [4.69, 9.17) is 4.74 Å². The van der Waals surface area contributed by atoms with E-state index in [9.17, 15) is 9.18 Å². The van der Waals surface area contributed by atoms with Crippen molar-refractivity contribution in [2.24, 2.45) is 0 Å². The van der Waals surface area contributed by atoms with E-state index in [1.54, 1.807) is 12.1 Å². The number of hydrogen-bond acceptors (Lipinski definition) is 2. The van der Waals surface area contributed by atoms with Gasteiger partial charge >= 0.3 is 0 Å². The summed E-state index contributed by atoms with van der Waals surface area (Å²) in [4.78, 5) is 11.9. The van der Waals surface area contributed by atoms with Gasteiger partial charge in [0.1, 0.15) is 0 Å². The molecule has 0 heterocycles. The molecule has 0 bridgehead atoms. The molecule has 0 saturated carbocycles. The van der Waals surface area contributed by atoms with Crippen molar-refractivity contribution in [3.05, 3.63) is 78.1 Å².